The fourth-order valence-electron chi connectivity index (χ4n) is 3.26. The second kappa shape index (κ2) is 9.74. The monoisotopic (exact) mass is 449 g/mol. The number of aromatic nitrogens is 4. The van der Waals surface area contributed by atoms with Crippen LogP contribution in [0.15, 0.2) is 66.7 Å². The number of carbonyl (C=O) groups is 1. The summed E-state index contributed by atoms with van der Waals surface area (Å²) in [6.07, 6.45) is 11.9. The average molecular weight is 450 g/mol. The Morgan fingerprint density at radius 2 is 2.12 bits per heavy atom. The van der Waals surface area contributed by atoms with Crippen molar-refractivity contribution in [1.82, 2.24) is 19.1 Å². The summed E-state index contributed by atoms with van der Waals surface area (Å²) in [5.41, 5.74) is 3.30. The van der Waals surface area contributed by atoms with Crippen LogP contribution < -0.4 is 5.32 Å². The highest BCUT2D eigenvalue weighted by Crippen LogP contribution is 2.22. The summed E-state index contributed by atoms with van der Waals surface area (Å²) in [5, 5.41) is 5.77. The number of amides is 1. The molecule has 4 aromatic rings. The number of pyridine rings is 1. The van der Waals surface area contributed by atoms with Crippen LogP contribution in [0.5, 0.6) is 0 Å². The van der Waals surface area contributed by atoms with Gasteiger partial charge in [-0.1, -0.05) is 6.08 Å². The minimum atomic E-state index is -0.533. The summed E-state index contributed by atoms with van der Waals surface area (Å²) >= 11 is 1.49. The minimum Gasteiger partial charge on any atom is -0.339 e. The van der Waals surface area contributed by atoms with Crippen molar-refractivity contribution in [2.75, 3.05) is 5.32 Å². The van der Waals surface area contributed by atoms with E-state index in [1.807, 2.05) is 30.0 Å². The van der Waals surface area contributed by atoms with Crippen LogP contribution in [-0.2, 0) is 13.0 Å². The van der Waals surface area contributed by atoms with Gasteiger partial charge in [0.15, 0.2) is 0 Å². The van der Waals surface area contributed by atoms with Gasteiger partial charge in [0.05, 0.1) is 17.0 Å². The van der Waals surface area contributed by atoms with Gasteiger partial charge in [-0.2, -0.15) is 4.39 Å². The molecule has 4 aromatic heterocycles. The van der Waals surface area contributed by atoms with Gasteiger partial charge >= 0.3 is 0 Å². The van der Waals surface area contributed by atoms with E-state index in [2.05, 4.69) is 39.8 Å². The highest BCUT2D eigenvalue weighted by atomic mass is 32.1. The standard InChI is InChI=1S/C24H24FN5OS/c1-17(2)30-14-20(27-16-30)6-3-5-19-12-23(32-15-19)28-24(31)21-7-4-10-29(21)13-18-8-9-26-22(25)11-18/h3-4,6-12,14-17H,5,13H2,1-2H3,(H,28,31)/b6-3+. The van der Waals surface area contributed by atoms with Crippen LogP contribution in [0.3, 0.4) is 0 Å². The number of halogens is 1. The number of allylic oxidation sites excluding steroid dienone is 1. The molecular weight excluding hydrogens is 425 g/mol. The number of nitrogens with zero attached hydrogens (tertiary/aromatic N) is 4. The Morgan fingerprint density at radius 1 is 1.25 bits per heavy atom. The molecule has 1 amide bonds. The first-order chi connectivity index (χ1) is 15.5. The molecule has 1 N–H and O–H groups in total. The second-order valence-electron chi connectivity index (χ2n) is 7.73. The Bertz CT molecular complexity index is 1240. The summed E-state index contributed by atoms with van der Waals surface area (Å²) in [7, 11) is 0. The Balaban J connectivity index is 1.36. The number of rotatable bonds is 8. The maximum atomic E-state index is 13.4. The summed E-state index contributed by atoms with van der Waals surface area (Å²) in [4.78, 5) is 20.7. The van der Waals surface area contributed by atoms with Crippen molar-refractivity contribution in [3.05, 3.63) is 95.2 Å². The van der Waals surface area contributed by atoms with Crippen molar-refractivity contribution in [2.45, 2.75) is 32.9 Å². The van der Waals surface area contributed by atoms with Crippen LogP contribution in [0.1, 0.15) is 47.2 Å². The molecule has 164 valence electrons. The molecule has 0 aliphatic rings. The predicted molar refractivity (Wildman–Crippen MR) is 125 cm³/mol. The number of hydrogen-bond donors (Lipinski definition) is 1. The van der Waals surface area contributed by atoms with E-state index in [4.69, 9.17) is 0 Å². The van der Waals surface area contributed by atoms with Crippen molar-refractivity contribution in [3.8, 4) is 0 Å². The number of hydrogen-bond acceptors (Lipinski definition) is 4. The van der Waals surface area contributed by atoms with Gasteiger partial charge in [-0.25, -0.2) is 9.97 Å². The van der Waals surface area contributed by atoms with Gasteiger partial charge in [-0.3, -0.25) is 4.79 Å². The highest BCUT2D eigenvalue weighted by molar-refractivity contribution is 7.14. The first-order valence-corrected chi connectivity index (χ1v) is 11.2. The molecule has 4 heterocycles. The van der Waals surface area contributed by atoms with Crippen LogP contribution in [0.2, 0.25) is 0 Å². The van der Waals surface area contributed by atoms with Gasteiger partial charge in [-0.05, 0) is 73.2 Å². The van der Waals surface area contributed by atoms with Gasteiger partial charge in [-0.15, -0.1) is 11.3 Å². The summed E-state index contributed by atoms with van der Waals surface area (Å²) in [6.45, 7) is 4.63. The Labute approximate surface area is 190 Å². The van der Waals surface area contributed by atoms with Crippen LogP contribution in [0.25, 0.3) is 6.08 Å². The van der Waals surface area contributed by atoms with Crippen LogP contribution in [0, 0.1) is 5.95 Å². The van der Waals surface area contributed by atoms with Crippen LogP contribution >= 0.6 is 11.3 Å². The lowest BCUT2D eigenvalue weighted by atomic mass is 10.2. The molecule has 0 saturated heterocycles. The summed E-state index contributed by atoms with van der Waals surface area (Å²) in [5.74, 6) is -0.734. The van der Waals surface area contributed by atoms with E-state index >= 15 is 0 Å². The zero-order valence-electron chi connectivity index (χ0n) is 17.9. The SMILES string of the molecule is CC(C)n1cnc(/C=C/Cc2csc(NC(=O)c3cccn3Cc3ccnc(F)c3)c2)c1. The molecule has 0 aliphatic carbocycles. The fraction of sp³-hybridized carbons (Fsp3) is 0.208. The Morgan fingerprint density at radius 3 is 2.91 bits per heavy atom. The van der Waals surface area contributed by atoms with E-state index in [0.29, 0.717) is 18.3 Å². The molecule has 0 atom stereocenters. The summed E-state index contributed by atoms with van der Waals surface area (Å²) < 4.78 is 17.2. The zero-order valence-corrected chi connectivity index (χ0v) is 18.7. The van der Waals surface area contributed by atoms with Crippen molar-refractivity contribution in [3.63, 3.8) is 0 Å². The number of anilines is 1. The molecule has 6 nitrogen and oxygen atoms in total. The van der Waals surface area contributed by atoms with Crippen molar-refractivity contribution in [2.24, 2.45) is 0 Å². The fourth-order valence-corrected chi connectivity index (χ4v) is 4.07. The Kier molecular flexibility index (Phi) is 6.61. The highest BCUT2D eigenvalue weighted by Gasteiger charge is 2.13. The zero-order chi connectivity index (χ0) is 22.5. The van der Waals surface area contributed by atoms with E-state index in [0.717, 1.165) is 28.2 Å². The lowest BCUT2D eigenvalue weighted by Crippen LogP contribution is -2.16. The predicted octanol–water partition coefficient (Wildman–Crippen LogP) is 5.42. The molecule has 32 heavy (non-hydrogen) atoms. The van der Waals surface area contributed by atoms with Crippen LogP contribution in [-0.4, -0.2) is 25.0 Å². The van der Waals surface area contributed by atoms with Gasteiger partial charge < -0.3 is 14.5 Å². The minimum absolute atomic E-state index is 0.201. The molecule has 0 aromatic carbocycles. The molecule has 4 rings (SSSR count). The quantitative estimate of drug-likeness (QED) is 0.366. The van der Waals surface area contributed by atoms with Gasteiger partial charge in [0.25, 0.3) is 5.91 Å². The van der Waals surface area contributed by atoms with E-state index in [1.165, 1.54) is 23.6 Å². The lowest BCUT2D eigenvalue weighted by Gasteiger charge is -2.09. The third kappa shape index (κ3) is 5.39. The third-order valence-corrected chi connectivity index (χ3v) is 5.85. The lowest BCUT2D eigenvalue weighted by molar-refractivity contribution is 0.101. The molecule has 0 bridgehead atoms. The summed E-state index contributed by atoms with van der Waals surface area (Å²) in [6, 6.07) is 9.02. The number of carbonyl (C=O) groups excluding carboxylic acids is 1. The maximum Gasteiger partial charge on any atom is 0.272 e. The molecular formula is C24H24FN5OS. The topological polar surface area (TPSA) is 64.7 Å². The third-order valence-electron chi connectivity index (χ3n) is 4.96. The van der Waals surface area contributed by atoms with Crippen LogP contribution in [0.4, 0.5) is 9.39 Å². The molecule has 0 saturated carbocycles. The van der Waals surface area contributed by atoms with E-state index in [-0.39, 0.29) is 5.91 Å². The number of thiophene rings is 1. The van der Waals surface area contributed by atoms with E-state index in [1.54, 1.807) is 29.0 Å². The molecule has 0 fully saturated rings. The molecule has 0 aliphatic heterocycles. The molecule has 0 spiro atoms. The molecule has 0 radical (unpaired) electrons. The average Bonchev–Trinajstić information content (AvgIpc) is 3.49. The molecule has 8 heteroatoms. The smallest absolute Gasteiger partial charge is 0.272 e. The van der Waals surface area contributed by atoms with Gasteiger partial charge in [0.1, 0.15) is 5.69 Å². The number of nitrogens with one attached hydrogen (secondary N) is 1. The largest absolute Gasteiger partial charge is 0.339 e. The van der Waals surface area contributed by atoms with Crippen molar-refractivity contribution >= 4 is 28.3 Å². The van der Waals surface area contributed by atoms with Gasteiger partial charge in [0, 0.05) is 31.2 Å². The normalized spacial score (nSPS) is 11.5. The molecule has 0 unspecified atom stereocenters. The van der Waals surface area contributed by atoms with E-state index in [9.17, 15) is 9.18 Å². The second-order valence-corrected chi connectivity index (χ2v) is 8.64. The van der Waals surface area contributed by atoms with Crippen molar-refractivity contribution in [1.29, 1.82) is 0 Å². The maximum absolute atomic E-state index is 13.4. The first-order valence-electron chi connectivity index (χ1n) is 10.3. The first kappa shape index (κ1) is 21.7. The van der Waals surface area contributed by atoms with E-state index < -0.39 is 5.95 Å². The Hall–Kier alpha value is -3.52. The number of imidazole rings is 1. The van der Waals surface area contributed by atoms with Gasteiger partial charge in [0.2, 0.25) is 5.95 Å². The van der Waals surface area contributed by atoms with Crippen molar-refractivity contribution < 1.29 is 9.18 Å².